The number of aliphatic hydroxyl groups excluding tert-OH is 1. The molecule has 264 valence electrons. The molecule has 4 nitrogen and oxygen atoms in total. The number of rotatable bonds is 12. The van der Waals surface area contributed by atoms with Gasteiger partial charge in [-0.3, -0.25) is 0 Å². The van der Waals surface area contributed by atoms with Gasteiger partial charge in [0, 0.05) is 7.11 Å². The highest BCUT2D eigenvalue weighted by atomic mass is 17.2. The Morgan fingerprint density at radius 3 is 1.12 bits per heavy atom. The number of methoxy groups -OCH3 is 1. The van der Waals surface area contributed by atoms with Crippen LogP contribution < -0.4 is 0 Å². The van der Waals surface area contributed by atoms with Crippen molar-refractivity contribution in [1.29, 1.82) is 0 Å². The number of unbranched alkanes of at least 4 members (excludes halogenated alkanes) is 1. The third-order valence-corrected chi connectivity index (χ3v) is 6.61. The quantitative estimate of drug-likeness (QED) is 0.187. The molecular formula is C39H84O4. The highest BCUT2D eigenvalue weighted by Crippen LogP contribution is 2.16. The Labute approximate surface area is 274 Å². The Morgan fingerprint density at radius 1 is 0.558 bits per heavy atom. The summed E-state index contributed by atoms with van der Waals surface area (Å²) in [5, 5.41) is 8.36. The molecule has 1 aromatic carbocycles. The summed E-state index contributed by atoms with van der Waals surface area (Å²) in [4.78, 5) is 9.53. The maximum Gasteiger partial charge on any atom is 0.0899 e. The lowest BCUT2D eigenvalue weighted by Crippen LogP contribution is -2.06. The zero-order valence-corrected chi connectivity index (χ0v) is 32.9. The van der Waals surface area contributed by atoms with E-state index in [9.17, 15) is 0 Å². The number of aliphatic hydroxyl groups is 1. The van der Waals surface area contributed by atoms with Gasteiger partial charge in [-0.15, -0.1) is 0 Å². The van der Waals surface area contributed by atoms with Crippen LogP contribution in [0.25, 0.3) is 0 Å². The fourth-order valence-corrected chi connectivity index (χ4v) is 1.44. The van der Waals surface area contributed by atoms with Gasteiger partial charge in [0.2, 0.25) is 0 Å². The minimum Gasteiger partial charge on any atom is -0.393 e. The fourth-order valence-electron chi connectivity index (χ4n) is 1.44. The topological polar surface area (TPSA) is 47.9 Å². The van der Waals surface area contributed by atoms with Crippen LogP contribution in [0.3, 0.4) is 0 Å². The number of hydrogen-bond acceptors (Lipinski definition) is 4. The molecule has 0 aromatic heterocycles. The maximum atomic E-state index is 8.36. The van der Waals surface area contributed by atoms with E-state index in [1.807, 2.05) is 20.8 Å². The van der Waals surface area contributed by atoms with Crippen molar-refractivity contribution in [1.82, 2.24) is 0 Å². The largest absolute Gasteiger partial charge is 0.393 e. The third kappa shape index (κ3) is 69.3. The van der Waals surface area contributed by atoms with Crippen molar-refractivity contribution >= 4 is 0 Å². The molecule has 0 spiro atoms. The van der Waals surface area contributed by atoms with Gasteiger partial charge in [0.1, 0.15) is 0 Å². The Hall–Kier alpha value is -0.940. The lowest BCUT2D eigenvalue weighted by molar-refractivity contribution is -0.317. The maximum absolute atomic E-state index is 8.36. The SMILES string of the molecule is CCC(C)C.CCC(C)C.CCC(C)O.CCC(C)OC.CCC(C)c1ccccc1.CCCC.CCOOC(C)CC. The van der Waals surface area contributed by atoms with Crippen LogP contribution >= 0.6 is 0 Å². The molecule has 0 aliphatic rings. The minimum absolute atomic E-state index is 0.116. The van der Waals surface area contributed by atoms with Crippen LogP contribution in [0, 0.1) is 11.8 Å². The molecule has 0 saturated heterocycles. The van der Waals surface area contributed by atoms with Crippen LogP contribution in [0.5, 0.6) is 0 Å². The zero-order valence-electron chi connectivity index (χ0n) is 32.9. The average molecular weight is 617 g/mol. The van der Waals surface area contributed by atoms with Gasteiger partial charge in [-0.05, 0) is 76.7 Å². The van der Waals surface area contributed by atoms with E-state index in [4.69, 9.17) is 14.7 Å². The molecule has 0 saturated carbocycles. The molecule has 4 unspecified atom stereocenters. The summed E-state index contributed by atoms with van der Waals surface area (Å²) in [6.45, 7) is 36.6. The van der Waals surface area contributed by atoms with Gasteiger partial charge in [-0.1, -0.05) is 146 Å². The van der Waals surface area contributed by atoms with Gasteiger partial charge in [-0.25, -0.2) is 9.78 Å². The summed E-state index contributed by atoms with van der Waals surface area (Å²) < 4.78 is 4.90. The first-order valence-corrected chi connectivity index (χ1v) is 17.7. The normalized spacial score (nSPS) is 12.3. The summed E-state index contributed by atoms with van der Waals surface area (Å²) in [6, 6.07) is 10.6. The Balaban J connectivity index is -0.0000000954. The second kappa shape index (κ2) is 48.0. The summed E-state index contributed by atoms with van der Waals surface area (Å²) in [6.07, 6.45) is 10.00. The van der Waals surface area contributed by atoms with Crippen molar-refractivity contribution in [2.75, 3.05) is 13.7 Å². The van der Waals surface area contributed by atoms with Crippen molar-refractivity contribution in [3.05, 3.63) is 35.9 Å². The van der Waals surface area contributed by atoms with E-state index in [-0.39, 0.29) is 12.2 Å². The van der Waals surface area contributed by atoms with Crippen LogP contribution in [-0.4, -0.2) is 37.1 Å². The smallest absolute Gasteiger partial charge is 0.0899 e. The first-order chi connectivity index (χ1) is 20.2. The predicted molar refractivity (Wildman–Crippen MR) is 197 cm³/mol. The molecule has 0 aliphatic carbocycles. The molecular weight excluding hydrogens is 532 g/mol. The van der Waals surface area contributed by atoms with E-state index in [0.29, 0.717) is 18.6 Å². The van der Waals surface area contributed by atoms with E-state index >= 15 is 0 Å². The van der Waals surface area contributed by atoms with Crippen LogP contribution in [0.15, 0.2) is 30.3 Å². The summed E-state index contributed by atoms with van der Waals surface area (Å²) in [7, 11) is 1.73. The molecule has 0 amide bonds. The summed E-state index contributed by atoms with van der Waals surface area (Å²) >= 11 is 0. The Morgan fingerprint density at radius 2 is 0.930 bits per heavy atom. The van der Waals surface area contributed by atoms with Gasteiger partial charge in [0.15, 0.2) is 0 Å². The second-order valence-corrected chi connectivity index (χ2v) is 11.8. The second-order valence-electron chi connectivity index (χ2n) is 11.8. The van der Waals surface area contributed by atoms with Crippen molar-refractivity contribution in [3.8, 4) is 0 Å². The van der Waals surface area contributed by atoms with E-state index in [1.165, 1.54) is 37.7 Å². The highest BCUT2D eigenvalue weighted by molar-refractivity contribution is 5.18. The van der Waals surface area contributed by atoms with E-state index in [2.05, 4.69) is 125 Å². The van der Waals surface area contributed by atoms with Gasteiger partial charge in [0.25, 0.3) is 0 Å². The van der Waals surface area contributed by atoms with Gasteiger partial charge >= 0.3 is 0 Å². The van der Waals surface area contributed by atoms with E-state index in [0.717, 1.165) is 31.1 Å². The molecule has 0 bridgehead atoms. The van der Waals surface area contributed by atoms with E-state index < -0.39 is 0 Å². The van der Waals surface area contributed by atoms with E-state index in [1.54, 1.807) is 14.0 Å². The average Bonchev–Trinajstić information content (AvgIpc) is 3.04. The van der Waals surface area contributed by atoms with Crippen LogP contribution in [0.4, 0.5) is 0 Å². The standard InChI is InChI=1S/C10H14.C6H14O2.C5H12O.2C5H12.C4H10O.C4H10/c1-3-9(2)10-7-5-4-6-8-10;1-4-6(3)8-7-5-2;1-4-5(2)6-3;2*1-4-5(2)3;1-3-4(2)5;1-3-4-2/h4-9H,3H2,1-2H3;6H,4-5H2,1-3H3;5H,4H2,1-3H3;2*5H,4H2,1-3H3;4-5H,3H2,1-2H3;3-4H2,1-2H3. The Bertz CT molecular complexity index is 506. The highest BCUT2D eigenvalue weighted by Gasteiger charge is 1.99. The van der Waals surface area contributed by atoms with Gasteiger partial charge in [-0.2, -0.15) is 0 Å². The molecule has 0 heterocycles. The molecule has 1 rings (SSSR count). The Kier molecular flexibility index (Phi) is 60.8. The number of ether oxygens (including phenoxy) is 1. The summed E-state index contributed by atoms with van der Waals surface area (Å²) in [5.74, 6) is 2.48. The first-order valence-electron chi connectivity index (χ1n) is 17.7. The molecule has 4 atom stereocenters. The van der Waals surface area contributed by atoms with Gasteiger partial charge < -0.3 is 9.84 Å². The minimum atomic E-state index is -0.116. The molecule has 4 heteroatoms. The third-order valence-electron chi connectivity index (χ3n) is 6.61. The van der Waals surface area contributed by atoms with Gasteiger partial charge in [0.05, 0.1) is 24.9 Å². The molecule has 1 aromatic rings. The first kappa shape index (κ1) is 54.5. The number of hydrogen-bond donors (Lipinski definition) is 1. The molecule has 0 aliphatic heterocycles. The van der Waals surface area contributed by atoms with Crippen molar-refractivity contribution in [2.45, 2.75) is 193 Å². The zero-order chi connectivity index (χ0) is 35.1. The lowest BCUT2D eigenvalue weighted by Gasteiger charge is -2.06. The van der Waals surface area contributed by atoms with Crippen molar-refractivity contribution in [3.63, 3.8) is 0 Å². The molecule has 0 fully saturated rings. The molecule has 0 radical (unpaired) electrons. The summed E-state index contributed by atoms with van der Waals surface area (Å²) in [5.41, 5.74) is 1.45. The van der Waals surface area contributed by atoms with Crippen LogP contribution in [0.2, 0.25) is 0 Å². The predicted octanol–water partition coefficient (Wildman–Crippen LogP) is 13.1. The van der Waals surface area contributed by atoms with Crippen molar-refractivity contribution in [2.24, 2.45) is 11.8 Å². The lowest BCUT2D eigenvalue weighted by atomic mass is 9.99. The monoisotopic (exact) mass is 617 g/mol. The molecule has 1 N–H and O–H groups in total. The van der Waals surface area contributed by atoms with Crippen LogP contribution in [0.1, 0.15) is 181 Å². The van der Waals surface area contributed by atoms with Crippen LogP contribution in [-0.2, 0) is 14.5 Å². The van der Waals surface area contributed by atoms with Crippen molar-refractivity contribution < 1.29 is 19.6 Å². The molecule has 43 heavy (non-hydrogen) atoms. The number of benzene rings is 1. The fraction of sp³-hybridized carbons (Fsp3) is 0.846.